The number of H-pyrrole nitrogens is 1. The van der Waals surface area contributed by atoms with Gasteiger partial charge in [-0.3, -0.25) is 9.89 Å². The van der Waals surface area contributed by atoms with Crippen LogP contribution in [0, 0.1) is 12.7 Å². The molecule has 2 aromatic heterocycles. The molecule has 3 aliphatic rings. The molecule has 45 heavy (non-hydrogen) atoms. The number of nitrogens with zero attached hydrogens (tertiary/aromatic N) is 6. The number of fused-ring (bicyclic) bond motifs is 2. The standard InChI is InChI=1S/C34H39ClFN7O2/c1-6-26(44)42-15-20(4)43(16-19(42)3)33-23-14-24(35)28(27-18(2)9-12-25-29(27)31(40-39-25)21-10-11-21)30(36)32(23)37-34(38-33)45-17-22-8-7-13-41(22)5/h6,9,12,14,19-22H,1,7-8,10-11,13,15-17H2,2-5H3,(H,39,40)/t19-,20+,22+/m1/s1. The van der Waals surface area contributed by atoms with E-state index < -0.39 is 5.82 Å². The van der Waals surface area contributed by atoms with E-state index in [0.29, 0.717) is 42.4 Å². The van der Waals surface area contributed by atoms with Crippen molar-refractivity contribution in [1.29, 1.82) is 0 Å². The van der Waals surface area contributed by atoms with E-state index in [2.05, 4.69) is 33.6 Å². The van der Waals surface area contributed by atoms with Gasteiger partial charge in [0.05, 0.1) is 16.2 Å². The maximum Gasteiger partial charge on any atom is 0.319 e. The number of nitrogens with one attached hydrogen (secondary N) is 1. The van der Waals surface area contributed by atoms with Crippen molar-refractivity contribution in [3.8, 4) is 17.1 Å². The zero-order valence-corrected chi connectivity index (χ0v) is 27.0. The molecular weight excluding hydrogens is 593 g/mol. The molecular formula is C34H39ClFN7O2. The molecule has 3 atom stereocenters. The molecule has 1 saturated carbocycles. The molecule has 1 amide bonds. The van der Waals surface area contributed by atoms with E-state index in [1.54, 1.807) is 6.07 Å². The minimum absolute atomic E-state index is 0.110. The number of carbonyl (C=O) groups is 1. The van der Waals surface area contributed by atoms with Gasteiger partial charge in [-0.2, -0.15) is 15.1 Å². The number of hydrogen-bond donors (Lipinski definition) is 1. The third kappa shape index (κ3) is 5.21. The van der Waals surface area contributed by atoms with Gasteiger partial charge in [0.2, 0.25) is 5.91 Å². The summed E-state index contributed by atoms with van der Waals surface area (Å²) in [5.41, 5.74) is 3.93. The predicted octanol–water partition coefficient (Wildman–Crippen LogP) is 6.24. The maximum atomic E-state index is 17.1. The number of aromatic nitrogens is 4. The Morgan fingerprint density at radius 2 is 1.98 bits per heavy atom. The number of ether oxygens (including phenoxy) is 1. The van der Waals surface area contributed by atoms with E-state index in [9.17, 15) is 4.79 Å². The van der Waals surface area contributed by atoms with Crippen LogP contribution in [0.25, 0.3) is 32.9 Å². The van der Waals surface area contributed by atoms with Crippen LogP contribution in [0.3, 0.4) is 0 Å². The first-order valence-electron chi connectivity index (χ1n) is 15.9. The number of likely N-dealkylation sites (tertiary alicyclic amines) is 1. The van der Waals surface area contributed by atoms with Crippen LogP contribution >= 0.6 is 11.6 Å². The molecule has 1 aliphatic carbocycles. The number of aryl methyl sites for hydroxylation is 1. The summed E-state index contributed by atoms with van der Waals surface area (Å²) in [4.78, 5) is 28.3. The highest BCUT2D eigenvalue weighted by Gasteiger charge is 2.35. The summed E-state index contributed by atoms with van der Waals surface area (Å²) in [6, 6.07) is 5.90. The second kappa shape index (κ2) is 11.6. The number of piperazine rings is 1. The zero-order chi connectivity index (χ0) is 31.6. The SMILES string of the molecule is C=CC(=O)N1C[C@H](C)N(c2nc(OC[C@@H]3CCCN3C)nc3c(F)c(-c4c(C)ccc5[nH]nc(C6CC6)c45)c(Cl)cc23)C[C@H]1C. The highest BCUT2D eigenvalue weighted by atomic mass is 35.5. The van der Waals surface area contributed by atoms with Crippen molar-refractivity contribution in [1.82, 2.24) is 30.0 Å². The number of rotatable bonds is 7. The number of aromatic amines is 1. The second-order valence-electron chi connectivity index (χ2n) is 13.0. The minimum atomic E-state index is -0.510. The molecule has 236 valence electrons. The summed E-state index contributed by atoms with van der Waals surface area (Å²) in [5, 5.41) is 9.48. The molecule has 0 unspecified atom stereocenters. The number of halogens is 2. The van der Waals surface area contributed by atoms with Crippen molar-refractivity contribution >= 4 is 45.1 Å². The van der Waals surface area contributed by atoms with Gasteiger partial charge in [0, 0.05) is 59.0 Å². The van der Waals surface area contributed by atoms with E-state index in [4.69, 9.17) is 26.3 Å². The Kier molecular flexibility index (Phi) is 7.68. The topological polar surface area (TPSA) is 90.5 Å². The average Bonchev–Trinajstić information content (AvgIpc) is 3.64. The van der Waals surface area contributed by atoms with Gasteiger partial charge >= 0.3 is 6.01 Å². The molecule has 0 radical (unpaired) electrons. The average molecular weight is 632 g/mol. The van der Waals surface area contributed by atoms with Crippen LogP contribution in [0.5, 0.6) is 6.01 Å². The fourth-order valence-corrected chi connectivity index (χ4v) is 7.38. The second-order valence-corrected chi connectivity index (χ2v) is 13.4. The van der Waals surface area contributed by atoms with Crippen LogP contribution in [0.2, 0.25) is 5.02 Å². The smallest absolute Gasteiger partial charge is 0.319 e. The molecule has 4 aromatic rings. The van der Waals surface area contributed by atoms with Crippen LogP contribution in [0.15, 0.2) is 30.9 Å². The predicted molar refractivity (Wildman–Crippen MR) is 176 cm³/mol. The van der Waals surface area contributed by atoms with Gasteiger partial charge in [0.1, 0.15) is 17.9 Å². The molecule has 4 heterocycles. The lowest BCUT2D eigenvalue weighted by molar-refractivity contribution is -0.128. The first-order chi connectivity index (χ1) is 21.7. The Morgan fingerprint density at radius 3 is 2.69 bits per heavy atom. The Labute approximate surface area is 267 Å². The molecule has 3 fully saturated rings. The molecule has 9 nitrogen and oxygen atoms in total. The van der Waals surface area contributed by atoms with Crippen LogP contribution in [-0.4, -0.2) is 87.3 Å². The summed E-state index contributed by atoms with van der Waals surface area (Å²) < 4.78 is 23.4. The van der Waals surface area contributed by atoms with Crippen LogP contribution in [0.1, 0.15) is 56.7 Å². The largest absolute Gasteiger partial charge is 0.462 e. The van der Waals surface area contributed by atoms with Crippen molar-refractivity contribution in [3.63, 3.8) is 0 Å². The summed E-state index contributed by atoms with van der Waals surface area (Å²) in [5.74, 6) is 0.284. The number of likely N-dealkylation sites (N-methyl/N-ethyl adjacent to an activating group) is 1. The van der Waals surface area contributed by atoms with Gasteiger partial charge in [-0.05, 0) is 83.8 Å². The van der Waals surface area contributed by atoms with Crippen LogP contribution in [0.4, 0.5) is 10.2 Å². The number of hydrogen-bond acceptors (Lipinski definition) is 7. The number of carbonyl (C=O) groups excluding carboxylic acids is 1. The van der Waals surface area contributed by atoms with E-state index >= 15 is 4.39 Å². The zero-order valence-electron chi connectivity index (χ0n) is 26.2. The first kappa shape index (κ1) is 29.9. The van der Waals surface area contributed by atoms with Crippen LogP contribution < -0.4 is 9.64 Å². The summed E-state index contributed by atoms with van der Waals surface area (Å²) in [6.45, 7) is 12.1. The van der Waals surface area contributed by atoms with Crippen molar-refractivity contribution in [3.05, 3.63) is 53.0 Å². The molecule has 0 bridgehead atoms. The molecule has 1 N–H and O–H groups in total. The molecule has 2 saturated heterocycles. The lowest BCUT2D eigenvalue weighted by atomic mass is 9.93. The Morgan fingerprint density at radius 1 is 1.18 bits per heavy atom. The van der Waals surface area contributed by atoms with Crippen molar-refractivity contribution in [2.45, 2.75) is 70.5 Å². The van der Waals surface area contributed by atoms with Gasteiger partial charge in [-0.1, -0.05) is 24.2 Å². The summed E-state index contributed by atoms with van der Waals surface area (Å²) >= 11 is 7.05. The Bertz CT molecular complexity index is 1820. The fourth-order valence-electron chi connectivity index (χ4n) is 7.10. The van der Waals surface area contributed by atoms with Crippen molar-refractivity contribution < 1.29 is 13.9 Å². The van der Waals surface area contributed by atoms with Gasteiger partial charge in [-0.25, -0.2) is 4.39 Å². The monoisotopic (exact) mass is 631 g/mol. The van der Waals surface area contributed by atoms with Gasteiger partial charge in [-0.15, -0.1) is 0 Å². The lowest BCUT2D eigenvalue weighted by Gasteiger charge is -2.44. The molecule has 2 aliphatic heterocycles. The summed E-state index contributed by atoms with van der Waals surface area (Å²) in [6.07, 6.45) is 5.61. The Balaban J connectivity index is 1.39. The van der Waals surface area contributed by atoms with Gasteiger partial charge < -0.3 is 19.4 Å². The lowest BCUT2D eigenvalue weighted by Crippen LogP contribution is -2.58. The van der Waals surface area contributed by atoms with E-state index in [1.165, 1.54) is 6.08 Å². The quantitative estimate of drug-likeness (QED) is 0.242. The maximum absolute atomic E-state index is 17.1. The van der Waals surface area contributed by atoms with Crippen molar-refractivity contribution in [2.24, 2.45) is 0 Å². The molecule has 0 spiro atoms. The highest BCUT2D eigenvalue weighted by molar-refractivity contribution is 6.35. The third-order valence-electron chi connectivity index (χ3n) is 9.82. The van der Waals surface area contributed by atoms with Crippen molar-refractivity contribution in [2.75, 3.05) is 38.2 Å². The Hall–Kier alpha value is -3.76. The van der Waals surface area contributed by atoms with Gasteiger partial charge in [0.25, 0.3) is 0 Å². The van der Waals surface area contributed by atoms with Crippen LogP contribution in [-0.2, 0) is 4.79 Å². The highest BCUT2D eigenvalue weighted by Crippen LogP contribution is 2.48. The minimum Gasteiger partial charge on any atom is -0.462 e. The van der Waals surface area contributed by atoms with E-state index in [-0.39, 0.29) is 40.6 Å². The fraction of sp³-hybridized carbons (Fsp3) is 0.471. The van der Waals surface area contributed by atoms with Gasteiger partial charge in [0.15, 0.2) is 5.82 Å². The molecule has 2 aromatic carbocycles. The normalized spacial score (nSPS) is 22.5. The number of amides is 1. The van der Waals surface area contributed by atoms with E-state index in [1.807, 2.05) is 37.8 Å². The summed E-state index contributed by atoms with van der Waals surface area (Å²) in [7, 11) is 2.09. The molecule has 11 heteroatoms. The number of benzene rings is 2. The number of anilines is 1. The third-order valence-corrected chi connectivity index (χ3v) is 10.1. The molecule has 7 rings (SSSR count). The first-order valence-corrected chi connectivity index (χ1v) is 16.2. The van der Waals surface area contributed by atoms with E-state index in [0.717, 1.165) is 60.0 Å².